The maximum absolute atomic E-state index is 13.0. The Kier molecular flexibility index (Phi) is 5.63. The van der Waals surface area contributed by atoms with Gasteiger partial charge in [0.1, 0.15) is 11.6 Å². The molecule has 26 heavy (non-hydrogen) atoms. The van der Waals surface area contributed by atoms with Gasteiger partial charge in [0.05, 0.1) is 13.3 Å². The first-order chi connectivity index (χ1) is 12.6. The van der Waals surface area contributed by atoms with Gasteiger partial charge in [0.15, 0.2) is 0 Å². The monoisotopic (exact) mass is 353 g/mol. The van der Waals surface area contributed by atoms with Crippen LogP contribution in [0.25, 0.3) is 11.1 Å². The molecule has 1 amide bonds. The largest absolute Gasteiger partial charge is 0.497 e. The second kappa shape index (κ2) is 8.29. The number of carbonyl (C=O) groups excluding carboxylic acids is 1. The van der Waals surface area contributed by atoms with Crippen LogP contribution in [0.3, 0.4) is 0 Å². The van der Waals surface area contributed by atoms with Crippen molar-refractivity contribution in [1.82, 2.24) is 9.78 Å². The summed E-state index contributed by atoms with van der Waals surface area (Å²) in [6, 6.07) is 13.5. The normalized spacial score (nSPS) is 10.5. The van der Waals surface area contributed by atoms with Crippen molar-refractivity contribution in [3.8, 4) is 16.9 Å². The fraction of sp³-hybridized carbons (Fsp3) is 0.200. The number of hydrogen-bond acceptors (Lipinski definition) is 3. The smallest absolute Gasteiger partial charge is 0.224 e. The lowest BCUT2D eigenvalue weighted by atomic mass is 10.1. The Labute approximate surface area is 151 Å². The molecule has 0 fully saturated rings. The lowest BCUT2D eigenvalue weighted by Crippen LogP contribution is -2.12. The van der Waals surface area contributed by atoms with Crippen molar-refractivity contribution in [2.24, 2.45) is 0 Å². The molecular formula is C20H20FN3O2. The standard InChI is InChI=1S/C20H20FN3O2/c1-26-19-10-8-18(9-11-19)23-20(25)3-2-12-24-14-16(13-22-24)15-4-6-17(21)7-5-15/h4-11,13-14H,2-3,12H2,1H3,(H,23,25). The first-order valence-electron chi connectivity index (χ1n) is 8.36. The maximum atomic E-state index is 13.0. The number of rotatable bonds is 7. The minimum Gasteiger partial charge on any atom is -0.497 e. The van der Waals surface area contributed by atoms with Crippen molar-refractivity contribution < 1.29 is 13.9 Å². The number of anilines is 1. The minimum absolute atomic E-state index is 0.0407. The van der Waals surface area contributed by atoms with Gasteiger partial charge in [-0.15, -0.1) is 0 Å². The van der Waals surface area contributed by atoms with Crippen LogP contribution in [0.4, 0.5) is 10.1 Å². The van der Waals surface area contributed by atoms with Gasteiger partial charge in [-0.3, -0.25) is 9.48 Å². The molecule has 2 aromatic carbocycles. The van der Waals surface area contributed by atoms with E-state index < -0.39 is 0 Å². The van der Waals surface area contributed by atoms with Gasteiger partial charge in [-0.1, -0.05) is 12.1 Å². The zero-order valence-corrected chi connectivity index (χ0v) is 14.5. The van der Waals surface area contributed by atoms with Crippen molar-refractivity contribution >= 4 is 11.6 Å². The van der Waals surface area contributed by atoms with Gasteiger partial charge in [-0.25, -0.2) is 4.39 Å². The number of methoxy groups -OCH3 is 1. The van der Waals surface area contributed by atoms with Gasteiger partial charge in [-0.05, 0) is 48.4 Å². The molecule has 1 aromatic heterocycles. The van der Waals surface area contributed by atoms with E-state index in [2.05, 4.69) is 10.4 Å². The molecule has 0 unspecified atom stereocenters. The zero-order chi connectivity index (χ0) is 18.4. The zero-order valence-electron chi connectivity index (χ0n) is 14.5. The fourth-order valence-electron chi connectivity index (χ4n) is 2.58. The van der Waals surface area contributed by atoms with E-state index in [-0.39, 0.29) is 11.7 Å². The van der Waals surface area contributed by atoms with E-state index in [1.807, 2.05) is 6.20 Å². The summed E-state index contributed by atoms with van der Waals surface area (Å²) < 4.78 is 19.9. The van der Waals surface area contributed by atoms with Crippen molar-refractivity contribution in [1.29, 1.82) is 0 Å². The van der Waals surface area contributed by atoms with Gasteiger partial charge in [-0.2, -0.15) is 5.10 Å². The van der Waals surface area contributed by atoms with Crippen LogP contribution >= 0.6 is 0 Å². The quantitative estimate of drug-likeness (QED) is 0.695. The van der Waals surface area contributed by atoms with Crippen LogP contribution in [-0.4, -0.2) is 22.8 Å². The van der Waals surface area contributed by atoms with Gasteiger partial charge in [0, 0.05) is 30.4 Å². The number of ether oxygens (including phenoxy) is 1. The van der Waals surface area contributed by atoms with Crippen LogP contribution in [0, 0.1) is 5.82 Å². The van der Waals surface area contributed by atoms with Crippen LogP contribution in [0.1, 0.15) is 12.8 Å². The van der Waals surface area contributed by atoms with E-state index in [1.54, 1.807) is 54.4 Å². The highest BCUT2D eigenvalue weighted by atomic mass is 19.1. The van der Waals surface area contributed by atoms with Crippen molar-refractivity contribution in [3.05, 3.63) is 66.7 Å². The average molecular weight is 353 g/mol. The van der Waals surface area contributed by atoms with Crippen molar-refractivity contribution in [2.75, 3.05) is 12.4 Å². The molecule has 0 atom stereocenters. The molecule has 0 saturated carbocycles. The number of aromatic nitrogens is 2. The molecule has 1 N–H and O–H groups in total. The number of halogens is 1. The van der Waals surface area contributed by atoms with Crippen molar-refractivity contribution in [3.63, 3.8) is 0 Å². The van der Waals surface area contributed by atoms with Crippen LogP contribution < -0.4 is 10.1 Å². The van der Waals surface area contributed by atoms with Gasteiger partial charge in [0.25, 0.3) is 0 Å². The number of aryl methyl sites for hydroxylation is 1. The molecule has 6 heteroatoms. The molecule has 3 aromatic rings. The highest BCUT2D eigenvalue weighted by molar-refractivity contribution is 5.90. The van der Waals surface area contributed by atoms with E-state index in [0.29, 0.717) is 19.4 Å². The molecule has 3 rings (SSSR count). The second-order valence-electron chi connectivity index (χ2n) is 5.88. The van der Waals surface area contributed by atoms with Gasteiger partial charge >= 0.3 is 0 Å². The molecule has 134 valence electrons. The molecular weight excluding hydrogens is 333 g/mol. The summed E-state index contributed by atoms with van der Waals surface area (Å²) in [5, 5.41) is 7.15. The summed E-state index contributed by atoms with van der Waals surface area (Å²) in [4.78, 5) is 12.0. The molecule has 0 saturated heterocycles. The topological polar surface area (TPSA) is 56.1 Å². The lowest BCUT2D eigenvalue weighted by molar-refractivity contribution is -0.116. The second-order valence-corrected chi connectivity index (χ2v) is 5.88. The minimum atomic E-state index is -0.260. The van der Waals surface area contributed by atoms with E-state index >= 15 is 0 Å². The Hall–Kier alpha value is -3.15. The molecule has 0 spiro atoms. The maximum Gasteiger partial charge on any atom is 0.224 e. The summed E-state index contributed by atoms with van der Waals surface area (Å²) in [7, 11) is 1.60. The molecule has 0 aliphatic rings. The first kappa shape index (κ1) is 17.7. The Bertz CT molecular complexity index is 858. The summed E-state index contributed by atoms with van der Waals surface area (Å²) in [5.74, 6) is 0.448. The average Bonchev–Trinajstić information content (AvgIpc) is 3.12. The highest BCUT2D eigenvalue weighted by Crippen LogP contribution is 2.19. The summed E-state index contributed by atoms with van der Waals surface area (Å²) in [6.07, 6.45) is 4.71. The summed E-state index contributed by atoms with van der Waals surface area (Å²) >= 11 is 0. The van der Waals surface area contributed by atoms with Crippen LogP contribution in [0.2, 0.25) is 0 Å². The number of nitrogens with zero attached hydrogens (tertiary/aromatic N) is 2. The third kappa shape index (κ3) is 4.69. The molecule has 0 bridgehead atoms. The molecule has 0 aliphatic heterocycles. The number of benzene rings is 2. The predicted octanol–water partition coefficient (Wildman–Crippen LogP) is 4.12. The fourth-order valence-corrected chi connectivity index (χ4v) is 2.58. The third-order valence-corrected chi connectivity index (χ3v) is 3.98. The SMILES string of the molecule is COc1ccc(NC(=O)CCCn2cc(-c3ccc(F)cc3)cn2)cc1. The van der Waals surface area contributed by atoms with E-state index in [9.17, 15) is 9.18 Å². The molecule has 1 heterocycles. The van der Waals surface area contributed by atoms with Crippen LogP contribution in [0.5, 0.6) is 5.75 Å². The Morgan fingerprint density at radius 2 is 1.85 bits per heavy atom. The van der Waals surface area contributed by atoms with Crippen molar-refractivity contribution in [2.45, 2.75) is 19.4 Å². The van der Waals surface area contributed by atoms with E-state index in [1.165, 1.54) is 12.1 Å². The lowest BCUT2D eigenvalue weighted by Gasteiger charge is -2.06. The first-order valence-corrected chi connectivity index (χ1v) is 8.36. The third-order valence-electron chi connectivity index (χ3n) is 3.98. The summed E-state index contributed by atoms with van der Waals surface area (Å²) in [6.45, 7) is 0.636. The van der Waals surface area contributed by atoms with Gasteiger partial charge in [0.2, 0.25) is 5.91 Å². The predicted molar refractivity (Wildman–Crippen MR) is 98.5 cm³/mol. The summed E-state index contributed by atoms with van der Waals surface area (Å²) in [5.41, 5.74) is 2.58. The van der Waals surface area contributed by atoms with Gasteiger partial charge < -0.3 is 10.1 Å². The number of nitrogens with one attached hydrogen (secondary N) is 1. The molecule has 0 radical (unpaired) electrons. The Balaban J connectivity index is 1.47. The Morgan fingerprint density at radius 1 is 1.12 bits per heavy atom. The van der Waals surface area contributed by atoms with Crippen LogP contribution in [0.15, 0.2) is 60.9 Å². The van der Waals surface area contributed by atoms with E-state index in [0.717, 1.165) is 22.6 Å². The molecule has 0 aliphatic carbocycles. The highest BCUT2D eigenvalue weighted by Gasteiger charge is 2.05. The van der Waals surface area contributed by atoms with Crippen LogP contribution in [-0.2, 0) is 11.3 Å². The number of carbonyl (C=O) groups is 1. The Morgan fingerprint density at radius 3 is 2.54 bits per heavy atom. The molecule has 5 nitrogen and oxygen atoms in total. The number of amides is 1. The number of hydrogen-bond donors (Lipinski definition) is 1. The van der Waals surface area contributed by atoms with E-state index in [4.69, 9.17) is 4.74 Å².